The predicted molar refractivity (Wildman–Crippen MR) is 85.7 cm³/mol. The van der Waals surface area contributed by atoms with Crippen LogP contribution < -0.4 is 5.32 Å². The molecule has 3 aromatic rings. The molecule has 2 heterocycles. The summed E-state index contributed by atoms with van der Waals surface area (Å²) in [7, 11) is 0. The van der Waals surface area contributed by atoms with Crippen LogP contribution in [0.25, 0.3) is 5.65 Å². The Balaban J connectivity index is 2.03. The highest BCUT2D eigenvalue weighted by molar-refractivity contribution is 6.05. The lowest BCUT2D eigenvalue weighted by molar-refractivity contribution is -0.385. The Morgan fingerprint density at radius 2 is 2.04 bits per heavy atom. The summed E-state index contributed by atoms with van der Waals surface area (Å²) < 4.78 is 14.8. The van der Waals surface area contributed by atoms with E-state index in [1.807, 2.05) is 0 Å². The number of pyridine rings is 1. The van der Waals surface area contributed by atoms with Gasteiger partial charge in [0.15, 0.2) is 0 Å². The van der Waals surface area contributed by atoms with Crippen LogP contribution in [0.3, 0.4) is 0 Å². The SMILES string of the molecule is Cc1nc2ccc(F)cn2c1C(=O)Nc1cccc([N+](=O)[O-])c1C. The molecule has 0 aliphatic heterocycles. The lowest BCUT2D eigenvalue weighted by Crippen LogP contribution is -2.16. The molecule has 122 valence electrons. The molecule has 3 rings (SSSR count). The molecule has 1 amide bonds. The quantitative estimate of drug-likeness (QED) is 0.590. The second kappa shape index (κ2) is 5.73. The third-order valence-corrected chi connectivity index (χ3v) is 3.72. The van der Waals surface area contributed by atoms with Crippen LogP contribution in [0.4, 0.5) is 15.8 Å². The average Bonchev–Trinajstić information content (AvgIpc) is 2.84. The van der Waals surface area contributed by atoms with Crippen LogP contribution in [0.2, 0.25) is 0 Å². The maximum atomic E-state index is 13.5. The zero-order chi connectivity index (χ0) is 17.4. The molecule has 0 unspecified atom stereocenters. The molecular formula is C16H13FN4O3. The van der Waals surface area contributed by atoms with Crippen molar-refractivity contribution in [2.45, 2.75) is 13.8 Å². The molecule has 0 aliphatic carbocycles. The number of aryl methyl sites for hydroxylation is 1. The number of amides is 1. The Kier molecular flexibility index (Phi) is 3.72. The Morgan fingerprint density at radius 1 is 1.29 bits per heavy atom. The van der Waals surface area contributed by atoms with E-state index in [9.17, 15) is 19.3 Å². The van der Waals surface area contributed by atoms with Gasteiger partial charge in [-0.25, -0.2) is 9.37 Å². The molecule has 7 nitrogen and oxygen atoms in total. The monoisotopic (exact) mass is 328 g/mol. The molecule has 0 bridgehead atoms. The highest BCUT2D eigenvalue weighted by Gasteiger charge is 2.20. The number of imidazole rings is 1. The first-order valence-corrected chi connectivity index (χ1v) is 7.08. The maximum Gasteiger partial charge on any atom is 0.274 e. The van der Waals surface area contributed by atoms with Gasteiger partial charge in [0.2, 0.25) is 0 Å². The summed E-state index contributed by atoms with van der Waals surface area (Å²) in [6, 6.07) is 7.15. The van der Waals surface area contributed by atoms with E-state index >= 15 is 0 Å². The summed E-state index contributed by atoms with van der Waals surface area (Å²) >= 11 is 0. The zero-order valence-corrected chi connectivity index (χ0v) is 12.9. The number of carbonyl (C=O) groups is 1. The van der Waals surface area contributed by atoms with Crippen molar-refractivity contribution in [2.24, 2.45) is 0 Å². The van der Waals surface area contributed by atoms with Crippen molar-refractivity contribution >= 4 is 22.9 Å². The fourth-order valence-electron chi connectivity index (χ4n) is 2.55. The van der Waals surface area contributed by atoms with Crippen LogP contribution in [0, 0.1) is 29.8 Å². The summed E-state index contributed by atoms with van der Waals surface area (Å²) in [5.41, 5.74) is 1.62. The smallest absolute Gasteiger partial charge is 0.274 e. The fraction of sp³-hybridized carbons (Fsp3) is 0.125. The minimum Gasteiger partial charge on any atom is -0.320 e. The molecule has 0 spiro atoms. The molecule has 0 fully saturated rings. The van der Waals surface area contributed by atoms with Crippen molar-refractivity contribution in [1.29, 1.82) is 0 Å². The van der Waals surface area contributed by atoms with Crippen molar-refractivity contribution in [2.75, 3.05) is 5.32 Å². The molecule has 0 saturated heterocycles. The topological polar surface area (TPSA) is 89.5 Å². The van der Waals surface area contributed by atoms with Gasteiger partial charge < -0.3 is 5.32 Å². The number of anilines is 1. The molecule has 2 aromatic heterocycles. The standard InChI is InChI=1S/C16H13FN4O3/c1-9-12(4-3-5-13(9)21(23)24)19-16(22)15-10(2)18-14-7-6-11(17)8-20(14)15/h3-8H,1-2H3,(H,19,22). The van der Waals surface area contributed by atoms with Gasteiger partial charge >= 0.3 is 0 Å². The first kappa shape index (κ1) is 15.6. The van der Waals surface area contributed by atoms with E-state index in [2.05, 4.69) is 10.3 Å². The number of carbonyl (C=O) groups excluding carboxylic acids is 1. The van der Waals surface area contributed by atoms with Gasteiger partial charge in [0, 0.05) is 12.3 Å². The molecular weight excluding hydrogens is 315 g/mol. The first-order chi connectivity index (χ1) is 11.4. The number of benzene rings is 1. The molecule has 0 aliphatic rings. The highest BCUT2D eigenvalue weighted by Crippen LogP contribution is 2.26. The Bertz CT molecular complexity index is 981. The number of fused-ring (bicyclic) bond motifs is 1. The van der Waals surface area contributed by atoms with Gasteiger partial charge in [-0.1, -0.05) is 6.07 Å². The summed E-state index contributed by atoms with van der Waals surface area (Å²) in [6.45, 7) is 3.19. The van der Waals surface area contributed by atoms with Crippen molar-refractivity contribution in [3.8, 4) is 0 Å². The predicted octanol–water partition coefficient (Wildman–Crippen LogP) is 3.25. The van der Waals surface area contributed by atoms with E-state index in [0.717, 1.165) is 0 Å². The Labute approximate surface area is 135 Å². The average molecular weight is 328 g/mol. The van der Waals surface area contributed by atoms with Crippen LogP contribution in [0.1, 0.15) is 21.7 Å². The molecule has 0 radical (unpaired) electrons. The third kappa shape index (κ3) is 2.58. The van der Waals surface area contributed by atoms with Crippen LogP contribution >= 0.6 is 0 Å². The summed E-state index contributed by atoms with van der Waals surface area (Å²) in [4.78, 5) is 27.3. The molecule has 1 N–H and O–H groups in total. The minimum atomic E-state index is -0.519. The second-order valence-corrected chi connectivity index (χ2v) is 5.28. The van der Waals surface area contributed by atoms with E-state index in [4.69, 9.17) is 0 Å². The molecule has 8 heteroatoms. The fourth-order valence-corrected chi connectivity index (χ4v) is 2.55. The van der Waals surface area contributed by atoms with Gasteiger partial charge in [-0.3, -0.25) is 19.3 Å². The number of hydrogen-bond acceptors (Lipinski definition) is 4. The van der Waals surface area contributed by atoms with Crippen LogP contribution in [-0.2, 0) is 0 Å². The number of nitrogens with one attached hydrogen (secondary N) is 1. The number of nitrogens with zero attached hydrogens (tertiary/aromatic N) is 3. The number of nitro groups is 1. The molecule has 0 saturated carbocycles. The van der Waals surface area contributed by atoms with E-state index in [1.54, 1.807) is 19.9 Å². The molecule has 24 heavy (non-hydrogen) atoms. The van der Waals surface area contributed by atoms with Crippen molar-refractivity contribution in [1.82, 2.24) is 9.38 Å². The number of hydrogen-bond donors (Lipinski definition) is 1. The van der Waals surface area contributed by atoms with E-state index in [0.29, 0.717) is 22.6 Å². The van der Waals surface area contributed by atoms with Gasteiger partial charge in [0.05, 0.1) is 21.9 Å². The van der Waals surface area contributed by atoms with E-state index < -0.39 is 16.6 Å². The zero-order valence-electron chi connectivity index (χ0n) is 12.9. The van der Waals surface area contributed by atoms with Crippen molar-refractivity contribution in [3.63, 3.8) is 0 Å². The highest BCUT2D eigenvalue weighted by atomic mass is 19.1. The van der Waals surface area contributed by atoms with Gasteiger partial charge in [-0.2, -0.15) is 0 Å². The number of rotatable bonds is 3. The Morgan fingerprint density at radius 3 is 2.75 bits per heavy atom. The maximum absolute atomic E-state index is 13.5. The lowest BCUT2D eigenvalue weighted by atomic mass is 10.1. The van der Waals surface area contributed by atoms with Gasteiger partial charge in [-0.15, -0.1) is 0 Å². The van der Waals surface area contributed by atoms with Crippen molar-refractivity contribution in [3.05, 3.63) is 69.4 Å². The second-order valence-electron chi connectivity index (χ2n) is 5.28. The Hall–Kier alpha value is -3.29. The van der Waals surface area contributed by atoms with E-state index in [-0.39, 0.29) is 11.4 Å². The molecule has 0 atom stereocenters. The largest absolute Gasteiger partial charge is 0.320 e. The molecule has 1 aromatic carbocycles. The minimum absolute atomic E-state index is 0.0892. The van der Waals surface area contributed by atoms with Crippen LogP contribution in [0.5, 0.6) is 0 Å². The number of halogens is 1. The number of aromatic nitrogens is 2. The summed E-state index contributed by atoms with van der Waals surface area (Å²) in [5, 5.41) is 13.6. The lowest BCUT2D eigenvalue weighted by Gasteiger charge is -2.09. The third-order valence-electron chi connectivity index (χ3n) is 3.72. The van der Waals surface area contributed by atoms with Crippen LogP contribution in [-0.4, -0.2) is 20.2 Å². The normalized spacial score (nSPS) is 10.8. The van der Waals surface area contributed by atoms with Gasteiger partial charge in [0.1, 0.15) is 17.2 Å². The summed E-state index contributed by atoms with van der Waals surface area (Å²) in [6.07, 6.45) is 1.17. The van der Waals surface area contributed by atoms with Crippen LogP contribution in [0.15, 0.2) is 36.5 Å². The van der Waals surface area contributed by atoms with Gasteiger partial charge in [0.25, 0.3) is 11.6 Å². The first-order valence-electron chi connectivity index (χ1n) is 7.08. The van der Waals surface area contributed by atoms with Crippen molar-refractivity contribution < 1.29 is 14.1 Å². The van der Waals surface area contributed by atoms with Gasteiger partial charge in [-0.05, 0) is 32.0 Å². The summed E-state index contributed by atoms with van der Waals surface area (Å²) in [5.74, 6) is -1.02. The number of nitro benzene ring substituents is 1. The van der Waals surface area contributed by atoms with E-state index in [1.165, 1.54) is 34.9 Å².